The number of aliphatic hydroxyl groups excluding tert-OH is 1. The number of aromatic nitrogens is 2. The predicted molar refractivity (Wildman–Crippen MR) is 76.3 cm³/mol. The van der Waals surface area contributed by atoms with E-state index in [0.717, 1.165) is 16.8 Å². The minimum Gasteiger partial charge on any atom is -0.396 e. The summed E-state index contributed by atoms with van der Waals surface area (Å²) in [6.07, 6.45) is 0.386. The lowest BCUT2D eigenvalue weighted by atomic mass is 10.1. The van der Waals surface area contributed by atoms with Crippen molar-refractivity contribution in [2.45, 2.75) is 13.3 Å². The van der Waals surface area contributed by atoms with Crippen molar-refractivity contribution >= 4 is 11.7 Å². The van der Waals surface area contributed by atoms with E-state index in [2.05, 4.69) is 10.2 Å². The van der Waals surface area contributed by atoms with Gasteiger partial charge in [0.05, 0.1) is 0 Å². The van der Waals surface area contributed by atoms with E-state index in [4.69, 9.17) is 0 Å². The van der Waals surface area contributed by atoms with Crippen LogP contribution < -0.4 is 4.90 Å². The Hall–Kier alpha value is -2.14. The van der Waals surface area contributed by atoms with Crippen LogP contribution in [0, 0.1) is 12.8 Å². The Balaban J connectivity index is 2.02. The third-order valence-corrected chi connectivity index (χ3v) is 3.71. The van der Waals surface area contributed by atoms with Crippen LogP contribution in [0.1, 0.15) is 12.1 Å². The Labute approximate surface area is 117 Å². The molecule has 0 radical (unpaired) electrons. The fourth-order valence-corrected chi connectivity index (χ4v) is 2.67. The molecule has 1 aliphatic rings. The van der Waals surface area contributed by atoms with Crippen molar-refractivity contribution in [3.63, 3.8) is 0 Å². The maximum atomic E-state index is 12.1. The van der Waals surface area contributed by atoms with Crippen molar-refractivity contribution in [2.24, 2.45) is 5.92 Å². The molecule has 1 saturated heterocycles. The molecular formula is C15H17N3O2. The molecule has 1 unspecified atom stereocenters. The number of aromatic amines is 1. The number of benzene rings is 1. The first-order chi connectivity index (χ1) is 9.70. The molecule has 0 bridgehead atoms. The van der Waals surface area contributed by atoms with Gasteiger partial charge in [0.1, 0.15) is 0 Å². The van der Waals surface area contributed by atoms with Gasteiger partial charge in [0.25, 0.3) is 0 Å². The first-order valence-corrected chi connectivity index (χ1v) is 6.72. The van der Waals surface area contributed by atoms with Gasteiger partial charge in [-0.2, -0.15) is 5.10 Å². The Morgan fingerprint density at radius 2 is 2.15 bits per heavy atom. The number of carbonyl (C=O) groups is 1. The minimum atomic E-state index is 0.00290. The number of nitrogens with zero attached hydrogens (tertiary/aromatic N) is 2. The molecule has 1 aromatic heterocycles. The molecule has 1 aliphatic heterocycles. The van der Waals surface area contributed by atoms with Crippen molar-refractivity contribution < 1.29 is 9.90 Å². The van der Waals surface area contributed by atoms with Crippen LogP contribution in [0.4, 0.5) is 5.82 Å². The average Bonchev–Trinajstić information content (AvgIpc) is 3.02. The SMILES string of the molecule is Cc1[nH]nc(N2CC(CO)CC2=O)c1-c1ccccc1. The van der Waals surface area contributed by atoms with Crippen LogP contribution >= 0.6 is 0 Å². The summed E-state index contributed by atoms with van der Waals surface area (Å²) in [6, 6.07) is 9.90. The number of aryl methyl sites for hydroxylation is 1. The molecule has 104 valence electrons. The summed E-state index contributed by atoms with van der Waals surface area (Å²) < 4.78 is 0. The Morgan fingerprint density at radius 3 is 2.80 bits per heavy atom. The van der Waals surface area contributed by atoms with Gasteiger partial charge in [-0.05, 0) is 12.5 Å². The fourth-order valence-electron chi connectivity index (χ4n) is 2.67. The zero-order valence-corrected chi connectivity index (χ0v) is 11.3. The van der Waals surface area contributed by atoms with Crippen molar-refractivity contribution in [3.8, 4) is 11.1 Å². The first kappa shape index (κ1) is 12.9. The highest BCUT2D eigenvalue weighted by molar-refractivity contribution is 5.98. The second kappa shape index (κ2) is 5.09. The van der Waals surface area contributed by atoms with Crippen LogP contribution in [0.15, 0.2) is 30.3 Å². The van der Waals surface area contributed by atoms with Crippen LogP contribution in [0.5, 0.6) is 0 Å². The highest BCUT2D eigenvalue weighted by Gasteiger charge is 2.33. The molecule has 0 spiro atoms. The topological polar surface area (TPSA) is 69.2 Å². The van der Waals surface area contributed by atoms with Gasteiger partial charge in [0.15, 0.2) is 5.82 Å². The molecule has 2 aromatic rings. The normalized spacial score (nSPS) is 18.8. The number of hydrogen-bond acceptors (Lipinski definition) is 3. The zero-order chi connectivity index (χ0) is 14.1. The maximum Gasteiger partial charge on any atom is 0.228 e. The monoisotopic (exact) mass is 271 g/mol. The molecule has 1 fully saturated rings. The van der Waals surface area contributed by atoms with Crippen LogP contribution in [0.25, 0.3) is 11.1 Å². The summed E-state index contributed by atoms with van der Waals surface area (Å²) in [5, 5.41) is 16.5. The highest BCUT2D eigenvalue weighted by atomic mass is 16.3. The second-order valence-electron chi connectivity index (χ2n) is 5.17. The average molecular weight is 271 g/mol. The summed E-state index contributed by atoms with van der Waals surface area (Å²) in [5.41, 5.74) is 2.93. The third kappa shape index (κ3) is 2.10. The molecule has 1 amide bonds. The van der Waals surface area contributed by atoms with Gasteiger partial charge in [-0.15, -0.1) is 0 Å². The van der Waals surface area contributed by atoms with Gasteiger partial charge in [-0.3, -0.25) is 14.8 Å². The standard InChI is InChI=1S/C15H17N3O2/c1-10-14(12-5-3-2-4-6-12)15(17-16-10)18-8-11(9-19)7-13(18)20/h2-6,11,19H,7-9H2,1H3,(H,16,17). The second-order valence-corrected chi connectivity index (χ2v) is 5.17. The highest BCUT2D eigenvalue weighted by Crippen LogP contribution is 2.34. The Bertz CT molecular complexity index is 621. The van der Waals surface area contributed by atoms with Gasteiger partial charge in [0.2, 0.25) is 5.91 Å². The number of nitrogens with one attached hydrogen (secondary N) is 1. The minimum absolute atomic E-state index is 0.00290. The van der Waals surface area contributed by atoms with E-state index in [1.54, 1.807) is 4.90 Å². The summed E-state index contributed by atoms with van der Waals surface area (Å²) in [4.78, 5) is 13.8. The van der Waals surface area contributed by atoms with Gasteiger partial charge in [0, 0.05) is 36.7 Å². The number of amides is 1. The number of anilines is 1. The van der Waals surface area contributed by atoms with E-state index in [1.165, 1.54) is 0 Å². The van der Waals surface area contributed by atoms with Gasteiger partial charge >= 0.3 is 0 Å². The van der Waals surface area contributed by atoms with E-state index in [-0.39, 0.29) is 18.4 Å². The molecule has 1 atom stereocenters. The van der Waals surface area contributed by atoms with Gasteiger partial charge in [-0.1, -0.05) is 30.3 Å². The van der Waals surface area contributed by atoms with Crippen LogP contribution in [-0.2, 0) is 4.79 Å². The van der Waals surface area contributed by atoms with Crippen LogP contribution in [0.3, 0.4) is 0 Å². The van der Waals surface area contributed by atoms with Crippen LogP contribution in [0.2, 0.25) is 0 Å². The van der Waals surface area contributed by atoms with E-state index >= 15 is 0 Å². The van der Waals surface area contributed by atoms with Gasteiger partial charge < -0.3 is 5.11 Å². The fraction of sp³-hybridized carbons (Fsp3) is 0.333. The van der Waals surface area contributed by atoms with Gasteiger partial charge in [-0.25, -0.2) is 0 Å². The van der Waals surface area contributed by atoms with E-state index in [0.29, 0.717) is 18.8 Å². The summed E-state index contributed by atoms with van der Waals surface area (Å²) in [6.45, 7) is 2.51. The molecule has 2 heterocycles. The number of carbonyl (C=O) groups excluding carboxylic acids is 1. The molecule has 3 rings (SSSR count). The lowest BCUT2D eigenvalue weighted by Gasteiger charge is -2.15. The molecule has 20 heavy (non-hydrogen) atoms. The van der Waals surface area contributed by atoms with E-state index in [1.807, 2.05) is 37.3 Å². The summed E-state index contributed by atoms with van der Waals surface area (Å²) in [5.74, 6) is 0.686. The summed E-state index contributed by atoms with van der Waals surface area (Å²) in [7, 11) is 0. The van der Waals surface area contributed by atoms with Crippen molar-refractivity contribution in [1.29, 1.82) is 0 Å². The predicted octanol–water partition coefficient (Wildman–Crippen LogP) is 1.73. The number of H-pyrrole nitrogens is 1. The molecule has 1 aromatic carbocycles. The Kier molecular flexibility index (Phi) is 3.28. The van der Waals surface area contributed by atoms with Crippen molar-refractivity contribution in [3.05, 3.63) is 36.0 Å². The zero-order valence-electron chi connectivity index (χ0n) is 11.3. The van der Waals surface area contributed by atoms with E-state index in [9.17, 15) is 9.90 Å². The smallest absolute Gasteiger partial charge is 0.228 e. The van der Waals surface area contributed by atoms with Crippen molar-refractivity contribution in [1.82, 2.24) is 10.2 Å². The first-order valence-electron chi connectivity index (χ1n) is 6.72. The van der Waals surface area contributed by atoms with Crippen LogP contribution in [-0.4, -0.2) is 34.4 Å². The molecule has 5 nitrogen and oxygen atoms in total. The molecule has 5 heteroatoms. The molecule has 2 N–H and O–H groups in total. The van der Waals surface area contributed by atoms with E-state index < -0.39 is 0 Å². The largest absolute Gasteiger partial charge is 0.396 e. The quantitative estimate of drug-likeness (QED) is 0.893. The molecule has 0 aliphatic carbocycles. The van der Waals surface area contributed by atoms with Crippen molar-refractivity contribution in [2.75, 3.05) is 18.1 Å². The number of hydrogen-bond donors (Lipinski definition) is 2. The maximum absolute atomic E-state index is 12.1. The lowest BCUT2D eigenvalue weighted by molar-refractivity contribution is -0.117. The lowest BCUT2D eigenvalue weighted by Crippen LogP contribution is -2.25. The number of rotatable bonds is 3. The summed E-state index contributed by atoms with van der Waals surface area (Å²) >= 11 is 0. The number of aliphatic hydroxyl groups is 1. The Morgan fingerprint density at radius 1 is 1.40 bits per heavy atom. The molecule has 0 saturated carbocycles. The third-order valence-electron chi connectivity index (χ3n) is 3.71. The molecular weight excluding hydrogens is 254 g/mol.